The molecule has 0 unspecified atom stereocenters. The zero-order chi connectivity index (χ0) is 53.2. The molecule has 2 rings (SSSR count). The zero-order valence-corrected chi connectivity index (χ0v) is 40.6. The van der Waals surface area contributed by atoms with Crippen molar-refractivity contribution in [3.05, 3.63) is 0 Å². The van der Waals surface area contributed by atoms with Crippen LogP contribution in [0, 0.1) is 0 Å². The summed E-state index contributed by atoms with van der Waals surface area (Å²) < 4.78 is 224. The number of rotatable bonds is 18. The minimum Gasteiger partial charge on any atom is -0.324 e. The molecule has 2 fully saturated rings. The Morgan fingerprint density at radius 1 is 0.258 bits per heavy atom. The molecule has 0 spiro atoms. The molecule has 42 nitrogen and oxygen atoms in total. The van der Waals surface area contributed by atoms with Crippen LogP contribution in [0.2, 0.25) is 0 Å². The van der Waals surface area contributed by atoms with Crippen molar-refractivity contribution in [2.75, 3.05) is 0 Å². The van der Waals surface area contributed by atoms with Gasteiger partial charge >= 0.3 is 100 Å². The van der Waals surface area contributed by atoms with E-state index < -0.39 is 171 Å². The van der Waals surface area contributed by atoms with E-state index in [2.05, 4.69) is 26.1 Å². The van der Waals surface area contributed by atoms with Gasteiger partial charge in [0, 0.05) is 0 Å². The van der Waals surface area contributed by atoms with Gasteiger partial charge in [0.2, 0.25) is 0 Å². The number of phosphoric acid groups is 3. The van der Waals surface area contributed by atoms with Crippen LogP contribution >= 0.6 is 69.0 Å². The molecule has 0 radical (unpaired) electrons. The Hall–Kier alpha value is 0.840. The minimum atomic E-state index is -6.26. The minimum absolute atomic E-state index is 3.23. The quantitative estimate of drug-likeness (QED) is 0.0448. The van der Waals surface area contributed by atoms with Gasteiger partial charge in [0.15, 0.2) is 0 Å². The lowest BCUT2D eigenvalue weighted by Crippen LogP contribution is -2.67. The molecule has 0 heterocycles. The Kier molecular flexibility index (Phi) is 20.6. The molecule has 66 heavy (non-hydrogen) atoms. The molecule has 0 amide bonds. The van der Waals surface area contributed by atoms with Crippen molar-refractivity contribution in [3.63, 3.8) is 0 Å². The van der Waals surface area contributed by atoms with Gasteiger partial charge in [0.25, 0.3) is 0 Å². The summed E-state index contributed by atoms with van der Waals surface area (Å²) in [6, 6.07) is 0. The summed E-state index contributed by atoms with van der Waals surface area (Å²) in [4.78, 5) is 168. The van der Waals surface area contributed by atoms with Gasteiger partial charge in [0.05, 0.1) is 34.0 Å². The van der Waals surface area contributed by atoms with E-state index in [-0.39, 0.29) is 0 Å². The Morgan fingerprint density at radius 2 is 0.379 bits per heavy atom. The van der Waals surface area contributed by atoms with Gasteiger partial charge in [-0.2, -0.15) is 25.3 Å². The predicted molar refractivity (Wildman–Crippen MR) is 195 cm³/mol. The monoisotopic (exact) mass is 1220 g/mol. The molecule has 0 aliphatic heterocycles. The Labute approximate surface area is 364 Å². The summed E-state index contributed by atoms with van der Waals surface area (Å²) in [6.07, 6.45) is -19.6. The van der Waals surface area contributed by atoms with Crippen LogP contribution in [0.1, 0.15) is 0 Å². The van der Waals surface area contributed by atoms with Crippen molar-refractivity contribution in [3.8, 4) is 0 Å². The van der Waals surface area contributed by atoms with Crippen LogP contribution in [-0.2, 0) is 98.4 Å². The number of phosphoric ester groups is 3. The second-order valence-corrected chi connectivity index (χ2v) is 30.0. The lowest BCUT2D eigenvalue weighted by molar-refractivity contribution is -0.194. The third kappa shape index (κ3) is 20.0. The van der Waals surface area contributed by atoms with Crippen molar-refractivity contribution < 1.29 is 194 Å². The van der Waals surface area contributed by atoms with Crippen molar-refractivity contribution in [2.45, 2.75) is 70.6 Å². The van der Waals surface area contributed by atoms with Gasteiger partial charge < -0.3 is 88.1 Å². The maximum absolute atomic E-state index is 11.9. The van der Waals surface area contributed by atoms with E-state index in [0.29, 0.717) is 0 Å². The average Bonchev–Trinajstić information content (AvgIpc) is 2.95. The molecule has 21 N–H and O–H groups in total. The highest BCUT2D eigenvalue weighted by molar-refractivity contribution is 7.81. The van der Waals surface area contributed by atoms with Crippen LogP contribution in [0.4, 0.5) is 0 Å². The lowest BCUT2D eigenvalue weighted by atomic mass is 9.85. The van der Waals surface area contributed by atoms with Crippen molar-refractivity contribution >= 4 is 100 Å². The van der Waals surface area contributed by atoms with Gasteiger partial charge in [-0.15, -0.1) is 0 Å². The van der Waals surface area contributed by atoms with E-state index >= 15 is 0 Å². The van der Waals surface area contributed by atoms with E-state index in [1.165, 1.54) is 0 Å². The van der Waals surface area contributed by atoms with E-state index in [4.69, 9.17) is 43.0 Å². The topological polar surface area (TPSA) is 736 Å². The maximum atomic E-state index is 11.9. The van der Waals surface area contributed by atoms with Crippen LogP contribution in [-0.4, -0.2) is 198 Å². The predicted octanol–water partition coefficient (Wildman–Crippen LogP) is -6.72. The van der Waals surface area contributed by atoms with E-state index in [9.17, 15) is 125 Å². The third-order valence-corrected chi connectivity index (χ3v) is 20.7. The van der Waals surface area contributed by atoms with Gasteiger partial charge in [-0.25, -0.2) is 26.2 Å². The highest BCUT2D eigenvalue weighted by atomic mass is 32.3. The molecule has 0 saturated heterocycles. The van der Waals surface area contributed by atoms with Crippen LogP contribution in [0.25, 0.3) is 0 Å². The molecule has 54 heteroatoms. The van der Waals surface area contributed by atoms with Crippen LogP contribution in [0.15, 0.2) is 0 Å². The largest absolute Gasteiger partial charge is 0.470 e. The van der Waals surface area contributed by atoms with E-state index in [0.717, 1.165) is 0 Å². The third-order valence-electron chi connectivity index (χ3n) is 7.85. The first-order chi connectivity index (χ1) is 28.3. The smallest absolute Gasteiger partial charge is 0.324 e. The van der Waals surface area contributed by atoms with Gasteiger partial charge in [-0.1, -0.05) is 0 Å². The highest BCUT2D eigenvalue weighted by Crippen LogP contribution is 2.77. The molecular formula is C12H33O42P9S3. The lowest BCUT2D eigenvalue weighted by Gasteiger charge is -2.50. The molecule has 6 atom stereocenters. The van der Waals surface area contributed by atoms with Gasteiger partial charge in [-0.05, 0) is 0 Å². The first-order valence-electron chi connectivity index (χ1n) is 14.8. The molecule has 396 valence electrons. The fourth-order valence-corrected chi connectivity index (χ4v) is 23.5. The van der Waals surface area contributed by atoms with Crippen molar-refractivity contribution in [1.29, 1.82) is 0 Å². The molecule has 0 aromatic heterocycles. The molecule has 2 saturated carbocycles. The number of hydrogen-bond donors (Lipinski definition) is 21. The molecule has 0 aromatic carbocycles. The standard InChI is InChI=1S/C6H15O24P3S3.C6H18O18P6/c7-31(8,9)25-1-2(26-32(10,11)12)4(28-34(16,17)18)6(30-36(22,23)24)5(29-35(19,20)21)3(1)27-33(13,14)15;7-25(8,9)1-2(26(10,11)12)4(28(16,17)18)6(30(22,23)24)5(29(19,20)21)3(1)27(13,14)15/h1-6H,(H2,7,8,9)(H2,10,11,12)(H2,13,14,15)(H,16,17,18)(H,19,20,21)(H,22,23,24);1-6H,(H2,7,8,9)(H2,10,11,12)(H2,13,14,15)(H2,16,17,18)(H2,19,20,21)(H2,22,23,24)/t1-,2-,3+,4+,5-,6+;. The van der Waals surface area contributed by atoms with Crippen molar-refractivity contribution in [2.24, 2.45) is 0 Å². The fraction of sp³-hybridized carbons (Fsp3) is 1.00. The summed E-state index contributed by atoms with van der Waals surface area (Å²) in [5.74, 6) is 0. The number of hydrogen-bond acceptors (Lipinski definition) is 21. The Balaban J connectivity index is 0.000000671. The summed E-state index contributed by atoms with van der Waals surface area (Å²) >= 11 is 0. The molecule has 0 aromatic rings. The molecule has 0 bridgehead atoms. The van der Waals surface area contributed by atoms with Crippen LogP contribution in [0.5, 0.6) is 0 Å². The van der Waals surface area contributed by atoms with Crippen LogP contribution < -0.4 is 0 Å². The summed E-state index contributed by atoms with van der Waals surface area (Å²) in [5, 5.41) is 0. The van der Waals surface area contributed by atoms with E-state index in [1.54, 1.807) is 0 Å². The average molecular weight is 1220 g/mol. The highest BCUT2D eigenvalue weighted by Gasteiger charge is 2.75. The summed E-state index contributed by atoms with van der Waals surface area (Å²) in [6.45, 7) is 0. The zero-order valence-electron chi connectivity index (χ0n) is 30.1. The first-order valence-corrected chi connectivity index (χ1v) is 33.6. The van der Waals surface area contributed by atoms with E-state index in [1.807, 2.05) is 0 Å². The van der Waals surface area contributed by atoms with Crippen molar-refractivity contribution in [1.82, 2.24) is 0 Å². The SMILES string of the molecule is O=P(O)(O)C1C(P(=O)(O)O)C(P(=O)(O)O)C(P(=O)(O)O)C(P(=O)(O)O)C1P(=O)(O)O.O=P(O)(O)O[C@@H]1[C@@H](OP(=O)(O)O)[C@H](OS(=O)(=O)O)[C@H](OS(=O)(=O)O)[C@H](OS(=O)(=O)O)[C@H]1OP(=O)(O)O. The van der Waals surface area contributed by atoms with Gasteiger partial charge in [-0.3, -0.25) is 54.6 Å². The Morgan fingerprint density at radius 3 is 0.485 bits per heavy atom. The summed E-state index contributed by atoms with van der Waals surface area (Å²) in [7, 11) is -73.8. The summed E-state index contributed by atoms with van der Waals surface area (Å²) in [5.41, 5.74) is -20.9. The second-order valence-electron chi connectivity index (χ2n) is 12.6. The first kappa shape index (κ1) is 64.9. The Bertz CT molecular complexity index is 2270. The molecular weight excluding hydrogens is 1190 g/mol. The molecule has 2 aliphatic rings. The molecule has 2 aliphatic carbocycles. The normalized spacial score (nSPS) is 30.9. The van der Waals surface area contributed by atoms with Gasteiger partial charge in [0.1, 0.15) is 36.6 Å². The maximum Gasteiger partial charge on any atom is 0.470 e. The second kappa shape index (κ2) is 21.0. The fourth-order valence-electron chi connectivity index (χ4n) is 6.31. The van der Waals surface area contributed by atoms with Crippen LogP contribution in [0.3, 0.4) is 0 Å².